The van der Waals surface area contributed by atoms with Crippen LogP contribution in [0.3, 0.4) is 0 Å². The Balaban J connectivity index is 2.91. The smallest absolute Gasteiger partial charge is 0.328 e. The minimum atomic E-state index is -0.779. The molecule has 6 nitrogen and oxygen atoms in total. The molecule has 1 aromatic heterocycles. The summed E-state index contributed by atoms with van der Waals surface area (Å²) in [4.78, 5) is 27.1. The van der Waals surface area contributed by atoms with Crippen LogP contribution in [0.25, 0.3) is 0 Å². The lowest BCUT2D eigenvalue weighted by molar-refractivity contribution is -0.142. The standard InChI is InChI=1S/C13H14N2O4/c1-9(13(18)19-2)15-12(17)11-10(6-4-8-16)5-3-7-14-11/h3,5,7,9,16H,8H2,1-2H3,(H,15,17). The van der Waals surface area contributed by atoms with Gasteiger partial charge in [-0.25, -0.2) is 9.78 Å². The first-order valence-electron chi connectivity index (χ1n) is 5.53. The molecule has 0 aliphatic heterocycles. The van der Waals surface area contributed by atoms with Gasteiger partial charge in [-0.3, -0.25) is 4.79 Å². The molecular formula is C13H14N2O4. The third kappa shape index (κ3) is 4.08. The van der Waals surface area contributed by atoms with Crippen LogP contribution in [0.1, 0.15) is 23.0 Å². The van der Waals surface area contributed by atoms with Crippen molar-refractivity contribution in [1.82, 2.24) is 10.3 Å². The van der Waals surface area contributed by atoms with Crippen LogP contribution in [0.5, 0.6) is 0 Å². The van der Waals surface area contributed by atoms with E-state index >= 15 is 0 Å². The van der Waals surface area contributed by atoms with E-state index in [1.807, 2.05) is 0 Å². The molecule has 1 rings (SSSR count). The fraction of sp³-hybridized carbons (Fsp3) is 0.308. The molecule has 0 spiro atoms. The predicted octanol–water partition coefficient (Wildman–Crippen LogP) is -0.283. The largest absolute Gasteiger partial charge is 0.467 e. The normalized spacial score (nSPS) is 10.9. The molecule has 6 heteroatoms. The van der Waals surface area contributed by atoms with E-state index < -0.39 is 17.9 Å². The van der Waals surface area contributed by atoms with E-state index in [1.165, 1.54) is 20.2 Å². The zero-order chi connectivity index (χ0) is 14.3. The highest BCUT2D eigenvalue weighted by molar-refractivity contribution is 5.97. The molecule has 0 fully saturated rings. The van der Waals surface area contributed by atoms with Crippen LogP contribution in [0.4, 0.5) is 0 Å². The number of pyridine rings is 1. The van der Waals surface area contributed by atoms with E-state index in [0.717, 1.165) is 0 Å². The summed E-state index contributed by atoms with van der Waals surface area (Å²) in [5.41, 5.74) is 0.477. The fourth-order valence-electron chi connectivity index (χ4n) is 1.32. The molecule has 100 valence electrons. The first-order chi connectivity index (χ1) is 9.10. The average molecular weight is 262 g/mol. The number of aromatic nitrogens is 1. The van der Waals surface area contributed by atoms with Gasteiger partial charge in [0.25, 0.3) is 5.91 Å². The predicted molar refractivity (Wildman–Crippen MR) is 67.1 cm³/mol. The van der Waals surface area contributed by atoms with E-state index in [1.54, 1.807) is 12.1 Å². The van der Waals surface area contributed by atoms with Gasteiger partial charge in [0.05, 0.1) is 12.7 Å². The van der Waals surface area contributed by atoms with Gasteiger partial charge in [-0.15, -0.1) is 0 Å². The van der Waals surface area contributed by atoms with Gasteiger partial charge in [0.1, 0.15) is 18.3 Å². The molecule has 19 heavy (non-hydrogen) atoms. The fourth-order valence-corrected chi connectivity index (χ4v) is 1.32. The number of aliphatic hydroxyl groups is 1. The number of esters is 1. The summed E-state index contributed by atoms with van der Waals surface area (Å²) < 4.78 is 4.51. The Hall–Kier alpha value is -2.39. The lowest BCUT2D eigenvalue weighted by Gasteiger charge is -2.11. The van der Waals surface area contributed by atoms with Gasteiger partial charge in [-0.1, -0.05) is 11.8 Å². The van der Waals surface area contributed by atoms with Gasteiger partial charge in [-0.05, 0) is 19.1 Å². The summed E-state index contributed by atoms with van der Waals surface area (Å²) in [6.45, 7) is 1.19. The Morgan fingerprint density at radius 3 is 2.95 bits per heavy atom. The second kappa shape index (κ2) is 7.13. The van der Waals surface area contributed by atoms with Crippen molar-refractivity contribution < 1.29 is 19.4 Å². The van der Waals surface area contributed by atoms with Crippen molar-refractivity contribution in [1.29, 1.82) is 0 Å². The SMILES string of the molecule is COC(=O)C(C)NC(=O)c1ncccc1C#CCO. The number of carbonyl (C=O) groups excluding carboxylic acids is 2. The minimum absolute atomic E-state index is 0.0965. The summed E-state index contributed by atoms with van der Waals surface area (Å²) in [6.07, 6.45) is 1.45. The topological polar surface area (TPSA) is 88.5 Å². The van der Waals surface area contributed by atoms with Crippen molar-refractivity contribution in [2.75, 3.05) is 13.7 Å². The number of aliphatic hydroxyl groups excluding tert-OH is 1. The van der Waals surface area contributed by atoms with Gasteiger partial charge in [0, 0.05) is 6.20 Å². The lowest BCUT2D eigenvalue weighted by Crippen LogP contribution is -2.39. The Bertz CT molecular complexity index is 531. The highest BCUT2D eigenvalue weighted by Gasteiger charge is 2.19. The molecule has 1 amide bonds. The maximum absolute atomic E-state index is 11.9. The number of rotatable bonds is 3. The molecule has 1 atom stereocenters. The van der Waals surface area contributed by atoms with Crippen LogP contribution in [0.2, 0.25) is 0 Å². The van der Waals surface area contributed by atoms with E-state index in [4.69, 9.17) is 5.11 Å². The number of ether oxygens (including phenoxy) is 1. The van der Waals surface area contributed by atoms with E-state index in [9.17, 15) is 9.59 Å². The summed E-state index contributed by atoms with van der Waals surface area (Å²) in [5, 5.41) is 11.1. The third-order valence-corrected chi connectivity index (χ3v) is 2.23. The second-order valence-corrected chi connectivity index (χ2v) is 3.58. The third-order valence-electron chi connectivity index (χ3n) is 2.23. The zero-order valence-corrected chi connectivity index (χ0v) is 10.6. The average Bonchev–Trinajstić information content (AvgIpc) is 2.44. The molecule has 0 aliphatic carbocycles. The number of nitrogens with zero attached hydrogens (tertiary/aromatic N) is 1. The van der Waals surface area contributed by atoms with Gasteiger partial charge in [0.15, 0.2) is 0 Å². The molecule has 0 bridgehead atoms. The quantitative estimate of drug-likeness (QED) is 0.577. The molecule has 0 radical (unpaired) electrons. The van der Waals surface area contributed by atoms with Crippen molar-refractivity contribution in [2.24, 2.45) is 0 Å². The van der Waals surface area contributed by atoms with Crippen molar-refractivity contribution >= 4 is 11.9 Å². The molecule has 0 aromatic carbocycles. The number of amides is 1. The van der Waals surface area contributed by atoms with Gasteiger partial charge < -0.3 is 15.2 Å². The lowest BCUT2D eigenvalue weighted by atomic mass is 10.2. The first kappa shape index (κ1) is 14.7. The maximum Gasteiger partial charge on any atom is 0.328 e. The molecular weight excluding hydrogens is 248 g/mol. The van der Waals surface area contributed by atoms with Crippen molar-refractivity contribution in [2.45, 2.75) is 13.0 Å². The Morgan fingerprint density at radius 2 is 2.32 bits per heavy atom. The number of carbonyl (C=O) groups is 2. The van der Waals surface area contributed by atoms with Crippen LogP contribution in [-0.2, 0) is 9.53 Å². The summed E-state index contributed by atoms with van der Waals surface area (Å²) in [5.74, 6) is 3.99. The molecule has 0 saturated heterocycles. The van der Waals surface area contributed by atoms with Crippen LogP contribution in [-0.4, -0.2) is 41.7 Å². The van der Waals surface area contributed by atoms with Crippen LogP contribution in [0, 0.1) is 11.8 Å². The Kier molecular flexibility index (Phi) is 5.51. The van der Waals surface area contributed by atoms with E-state index in [0.29, 0.717) is 5.56 Å². The first-order valence-corrected chi connectivity index (χ1v) is 5.53. The van der Waals surface area contributed by atoms with Crippen LogP contribution in [0.15, 0.2) is 18.3 Å². The second-order valence-electron chi connectivity index (χ2n) is 3.58. The highest BCUT2D eigenvalue weighted by Crippen LogP contribution is 2.04. The van der Waals surface area contributed by atoms with Crippen molar-refractivity contribution in [3.8, 4) is 11.8 Å². The Morgan fingerprint density at radius 1 is 1.58 bits per heavy atom. The van der Waals surface area contributed by atoms with Crippen molar-refractivity contribution in [3.05, 3.63) is 29.6 Å². The van der Waals surface area contributed by atoms with Crippen LogP contribution >= 0.6 is 0 Å². The van der Waals surface area contributed by atoms with E-state index in [2.05, 4.69) is 26.9 Å². The molecule has 1 heterocycles. The number of hydrogen-bond donors (Lipinski definition) is 2. The highest BCUT2D eigenvalue weighted by atomic mass is 16.5. The van der Waals surface area contributed by atoms with Gasteiger partial charge >= 0.3 is 5.97 Å². The Labute approximate surface area is 110 Å². The molecule has 1 aromatic rings. The monoisotopic (exact) mass is 262 g/mol. The van der Waals surface area contributed by atoms with Gasteiger partial charge in [-0.2, -0.15) is 0 Å². The molecule has 1 unspecified atom stereocenters. The maximum atomic E-state index is 11.9. The van der Waals surface area contributed by atoms with E-state index in [-0.39, 0.29) is 12.3 Å². The summed E-state index contributed by atoms with van der Waals surface area (Å²) in [6, 6.07) is 2.45. The number of hydrogen-bond acceptors (Lipinski definition) is 5. The molecule has 0 saturated carbocycles. The summed E-state index contributed by atoms with van der Waals surface area (Å²) in [7, 11) is 1.24. The number of nitrogens with one attached hydrogen (secondary N) is 1. The number of methoxy groups -OCH3 is 1. The zero-order valence-electron chi connectivity index (χ0n) is 10.6. The molecule has 2 N–H and O–H groups in total. The van der Waals surface area contributed by atoms with Crippen LogP contribution < -0.4 is 5.32 Å². The summed E-state index contributed by atoms with van der Waals surface area (Å²) >= 11 is 0. The van der Waals surface area contributed by atoms with Gasteiger partial charge in [0.2, 0.25) is 0 Å². The van der Waals surface area contributed by atoms with Crippen molar-refractivity contribution in [3.63, 3.8) is 0 Å². The minimum Gasteiger partial charge on any atom is -0.467 e. The molecule has 0 aliphatic rings.